The molecule has 0 spiro atoms. The first-order valence-corrected chi connectivity index (χ1v) is 5.49. The molecule has 0 N–H and O–H groups in total. The zero-order valence-corrected chi connectivity index (χ0v) is 10.2. The first-order valence-electron chi connectivity index (χ1n) is 5.49. The quantitative estimate of drug-likeness (QED) is 0.589. The van der Waals surface area contributed by atoms with Gasteiger partial charge >= 0.3 is 0 Å². The van der Waals surface area contributed by atoms with Gasteiger partial charge in [-0.3, -0.25) is 0 Å². The van der Waals surface area contributed by atoms with E-state index in [1.807, 2.05) is 0 Å². The average molecular weight is 198 g/mol. The molecule has 0 amide bonds. The summed E-state index contributed by atoms with van der Waals surface area (Å²) in [6, 6.07) is 6.76. The van der Waals surface area contributed by atoms with Crippen LogP contribution in [0.25, 0.3) is 10.8 Å². The third-order valence-corrected chi connectivity index (χ3v) is 3.56. The van der Waals surface area contributed by atoms with Gasteiger partial charge in [-0.15, -0.1) is 0 Å². The minimum atomic E-state index is 1.38. The van der Waals surface area contributed by atoms with E-state index in [-0.39, 0.29) is 0 Å². The fourth-order valence-electron chi connectivity index (χ4n) is 2.34. The predicted octanol–water partition coefficient (Wildman–Crippen LogP) is 4.38. The van der Waals surface area contributed by atoms with Crippen LogP contribution in [0, 0.1) is 34.6 Å². The molecule has 0 atom stereocenters. The van der Waals surface area contributed by atoms with E-state index in [9.17, 15) is 0 Å². The van der Waals surface area contributed by atoms with Gasteiger partial charge in [-0.05, 0) is 73.2 Å². The van der Waals surface area contributed by atoms with Crippen LogP contribution in [-0.4, -0.2) is 0 Å². The van der Waals surface area contributed by atoms with Crippen molar-refractivity contribution < 1.29 is 0 Å². The summed E-state index contributed by atoms with van der Waals surface area (Å²) >= 11 is 0. The molecule has 0 bridgehead atoms. The summed E-state index contributed by atoms with van der Waals surface area (Å²) in [6.07, 6.45) is 0. The third-order valence-electron chi connectivity index (χ3n) is 3.56. The van der Waals surface area contributed by atoms with Crippen LogP contribution >= 0.6 is 0 Å². The molecule has 2 rings (SSSR count). The van der Waals surface area contributed by atoms with Crippen molar-refractivity contribution in [3.63, 3.8) is 0 Å². The van der Waals surface area contributed by atoms with E-state index >= 15 is 0 Å². The van der Waals surface area contributed by atoms with Crippen molar-refractivity contribution >= 4 is 10.8 Å². The van der Waals surface area contributed by atoms with Crippen LogP contribution < -0.4 is 0 Å². The van der Waals surface area contributed by atoms with Crippen LogP contribution in [0.1, 0.15) is 27.8 Å². The molecule has 2 aromatic carbocycles. The standard InChI is InChI=1S/C15H18/c1-9-6-7-14-11(3)8-10(2)13(5)15(14)12(9)4/h6-8H,1-5H3. The molecule has 0 aromatic heterocycles. The van der Waals surface area contributed by atoms with Gasteiger partial charge in [0.2, 0.25) is 0 Å². The molecule has 0 aliphatic heterocycles. The molecule has 0 saturated heterocycles. The van der Waals surface area contributed by atoms with Crippen molar-refractivity contribution in [2.45, 2.75) is 34.6 Å². The summed E-state index contributed by atoms with van der Waals surface area (Å²) in [7, 11) is 0. The summed E-state index contributed by atoms with van der Waals surface area (Å²) in [5.41, 5.74) is 7.02. The minimum Gasteiger partial charge on any atom is -0.0584 e. The zero-order valence-electron chi connectivity index (χ0n) is 10.2. The lowest BCUT2D eigenvalue weighted by Gasteiger charge is -2.13. The Balaban J connectivity index is 3.04. The topological polar surface area (TPSA) is 0 Å². The molecule has 0 heterocycles. The second-order valence-electron chi connectivity index (χ2n) is 4.57. The molecule has 0 aliphatic carbocycles. The van der Waals surface area contributed by atoms with Crippen LogP contribution in [0.4, 0.5) is 0 Å². The maximum atomic E-state index is 2.28. The predicted molar refractivity (Wildman–Crippen MR) is 67.6 cm³/mol. The number of rotatable bonds is 0. The first kappa shape index (κ1) is 10.2. The van der Waals surface area contributed by atoms with E-state index in [1.54, 1.807) is 0 Å². The van der Waals surface area contributed by atoms with Crippen LogP contribution in [0.15, 0.2) is 18.2 Å². The molecular formula is C15H18. The SMILES string of the molecule is Cc1ccc2c(C)cc(C)c(C)c2c1C. The molecule has 0 fully saturated rings. The highest BCUT2D eigenvalue weighted by Crippen LogP contribution is 2.29. The fourth-order valence-corrected chi connectivity index (χ4v) is 2.34. The molecular weight excluding hydrogens is 180 g/mol. The van der Waals surface area contributed by atoms with Gasteiger partial charge in [-0.2, -0.15) is 0 Å². The highest BCUT2D eigenvalue weighted by Gasteiger charge is 2.07. The maximum absolute atomic E-state index is 2.28. The largest absolute Gasteiger partial charge is 0.0584 e. The molecule has 0 unspecified atom stereocenters. The van der Waals surface area contributed by atoms with Crippen molar-refractivity contribution in [3.05, 3.63) is 46.0 Å². The Hall–Kier alpha value is -1.30. The van der Waals surface area contributed by atoms with Crippen molar-refractivity contribution in [1.29, 1.82) is 0 Å². The van der Waals surface area contributed by atoms with Gasteiger partial charge in [0.15, 0.2) is 0 Å². The normalized spacial score (nSPS) is 11.0. The Morgan fingerprint density at radius 3 is 1.93 bits per heavy atom. The van der Waals surface area contributed by atoms with Crippen molar-refractivity contribution in [3.8, 4) is 0 Å². The Morgan fingerprint density at radius 2 is 1.27 bits per heavy atom. The van der Waals surface area contributed by atoms with Crippen LogP contribution in [0.5, 0.6) is 0 Å². The summed E-state index contributed by atoms with van der Waals surface area (Å²) in [4.78, 5) is 0. The third kappa shape index (κ3) is 1.45. The lowest BCUT2D eigenvalue weighted by atomic mass is 9.92. The van der Waals surface area contributed by atoms with Crippen molar-refractivity contribution in [2.75, 3.05) is 0 Å². The number of benzene rings is 2. The van der Waals surface area contributed by atoms with Gasteiger partial charge in [0, 0.05) is 0 Å². The van der Waals surface area contributed by atoms with Gasteiger partial charge in [-0.1, -0.05) is 18.2 Å². The molecule has 15 heavy (non-hydrogen) atoms. The summed E-state index contributed by atoms with van der Waals surface area (Å²) in [5.74, 6) is 0. The van der Waals surface area contributed by atoms with Crippen molar-refractivity contribution in [2.24, 2.45) is 0 Å². The van der Waals surface area contributed by atoms with Crippen LogP contribution in [0.2, 0.25) is 0 Å². The van der Waals surface area contributed by atoms with E-state index in [0.29, 0.717) is 0 Å². The highest BCUT2D eigenvalue weighted by molar-refractivity contribution is 5.92. The number of hydrogen-bond acceptors (Lipinski definition) is 0. The van der Waals surface area contributed by atoms with E-state index in [2.05, 4.69) is 52.8 Å². The number of hydrogen-bond donors (Lipinski definition) is 0. The number of aryl methyl sites for hydroxylation is 5. The second kappa shape index (κ2) is 3.37. The van der Waals surface area contributed by atoms with E-state index in [0.717, 1.165) is 0 Å². The van der Waals surface area contributed by atoms with Crippen LogP contribution in [-0.2, 0) is 0 Å². The molecule has 0 nitrogen and oxygen atoms in total. The Morgan fingerprint density at radius 1 is 0.667 bits per heavy atom. The summed E-state index contributed by atoms with van der Waals surface area (Å²) in [6.45, 7) is 11.0. The fraction of sp³-hybridized carbons (Fsp3) is 0.333. The van der Waals surface area contributed by atoms with E-state index in [1.165, 1.54) is 38.6 Å². The Kier molecular flexibility index (Phi) is 2.30. The Bertz CT molecular complexity index is 525. The monoisotopic (exact) mass is 198 g/mol. The second-order valence-corrected chi connectivity index (χ2v) is 4.57. The van der Waals surface area contributed by atoms with Crippen molar-refractivity contribution in [1.82, 2.24) is 0 Å². The first-order chi connectivity index (χ1) is 7.02. The molecule has 0 heteroatoms. The highest BCUT2D eigenvalue weighted by atomic mass is 14.1. The zero-order chi connectivity index (χ0) is 11.2. The lowest BCUT2D eigenvalue weighted by molar-refractivity contribution is 1.30. The summed E-state index contributed by atoms with van der Waals surface area (Å²) < 4.78 is 0. The maximum Gasteiger partial charge on any atom is -0.0117 e. The molecule has 0 aliphatic rings. The smallest absolute Gasteiger partial charge is 0.0117 e. The molecule has 0 radical (unpaired) electrons. The van der Waals surface area contributed by atoms with E-state index in [4.69, 9.17) is 0 Å². The van der Waals surface area contributed by atoms with E-state index < -0.39 is 0 Å². The number of fused-ring (bicyclic) bond motifs is 1. The molecule has 0 saturated carbocycles. The van der Waals surface area contributed by atoms with Gasteiger partial charge < -0.3 is 0 Å². The van der Waals surface area contributed by atoms with Gasteiger partial charge in [0.25, 0.3) is 0 Å². The Labute approximate surface area is 91.9 Å². The van der Waals surface area contributed by atoms with Gasteiger partial charge in [0.1, 0.15) is 0 Å². The average Bonchev–Trinajstić information content (AvgIpc) is 2.19. The lowest BCUT2D eigenvalue weighted by Crippen LogP contribution is -1.92. The van der Waals surface area contributed by atoms with Crippen LogP contribution in [0.3, 0.4) is 0 Å². The minimum absolute atomic E-state index is 1.38. The van der Waals surface area contributed by atoms with Gasteiger partial charge in [0.05, 0.1) is 0 Å². The molecule has 78 valence electrons. The molecule has 2 aromatic rings. The summed E-state index contributed by atoms with van der Waals surface area (Å²) in [5, 5.41) is 2.86. The van der Waals surface area contributed by atoms with Gasteiger partial charge in [-0.25, -0.2) is 0 Å².